The van der Waals surface area contributed by atoms with Crippen molar-refractivity contribution in [2.24, 2.45) is 0 Å². The summed E-state index contributed by atoms with van der Waals surface area (Å²) in [5.41, 5.74) is 2.12. The summed E-state index contributed by atoms with van der Waals surface area (Å²) in [7, 11) is 0. The van der Waals surface area contributed by atoms with Crippen LogP contribution in [0.1, 0.15) is 0 Å². The Morgan fingerprint density at radius 2 is 2.00 bits per heavy atom. The number of H-pyrrole nitrogens is 1. The van der Waals surface area contributed by atoms with Crippen LogP contribution in [0, 0.1) is 0 Å². The molecule has 0 fully saturated rings. The van der Waals surface area contributed by atoms with Crippen molar-refractivity contribution < 1.29 is 0 Å². The maximum atomic E-state index is 4.06. The van der Waals surface area contributed by atoms with Gasteiger partial charge in [-0.15, -0.1) is 0 Å². The van der Waals surface area contributed by atoms with Gasteiger partial charge >= 0.3 is 0 Å². The molecule has 2 aromatic rings. The number of benzene rings is 1. The van der Waals surface area contributed by atoms with Gasteiger partial charge < -0.3 is 4.98 Å². The molecule has 0 saturated carbocycles. The number of para-hydroxylation sites is 2. The summed E-state index contributed by atoms with van der Waals surface area (Å²) in [6.45, 7) is 0. The first kappa shape index (κ1) is 7.72. The van der Waals surface area contributed by atoms with E-state index in [0.29, 0.717) is 0 Å². The molecule has 1 N–H and O–H groups in total. The maximum Gasteiger partial charge on any atom is 0.0931 e. The molecule has 10 heavy (non-hydrogen) atoms. The second-order valence-corrected chi connectivity index (χ2v) is 1.92. The van der Waals surface area contributed by atoms with Crippen LogP contribution < -0.4 is 0 Å². The maximum absolute atomic E-state index is 4.06. The number of aromatic nitrogens is 2. The molecule has 0 aliphatic rings. The number of fused-ring (bicyclic) bond motifs is 1. The van der Waals surface area contributed by atoms with E-state index < -0.39 is 0 Å². The van der Waals surface area contributed by atoms with Crippen molar-refractivity contribution in [2.45, 2.75) is 0 Å². The van der Waals surface area contributed by atoms with Gasteiger partial charge in [0.15, 0.2) is 0 Å². The summed E-state index contributed by atoms with van der Waals surface area (Å²) >= 11 is 0. The second kappa shape index (κ2) is 3.14. The molecule has 4 radical (unpaired) electrons. The zero-order chi connectivity index (χ0) is 6.10. The smallest absolute Gasteiger partial charge is 0.0931 e. The van der Waals surface area contributed by atoms with E-state index in [2.05, 4.69) is 9.97 Å². The number of rotatable bonds is 0. The predicted molar refractivity (Wildman–Crippen MR) is 41.8 cm³/mol. The Kier molecular flexibility index (Phi) is 2.42. The van der Waals surface area contributed by atoms with Gasteiger partial charge in [0, 0.05) is 27.3 Å². The summed E-state index contributed by atoms with van der Waals surface area (Å²) in [4.78, 5) is 7.07. The summed E-state index contributed by atoms with van der Waals surface area (Å²) < 4.78 is 0. The van der Waals surface area contributed by atoms with E-state index >= 15 is 0 Å². The second-order valence-electron chi connectivity index (χ2n) is 1.92. The summed E-state index contributed by atoms with van der Waals surface area (Å²) in [6.07, 6.45) is 1.70. The third-order valence-electron chi connectivity index (χ3n) is 1.33. The molecular weight excluding hydrogens is 319 g/mol. The molecule has 1 heterocycles. The molecule has 2 nitrogen and oxygen atoms in total. The summed E-state index contributed by atoms with van der Waals surface area (Å²) in [5, 5.41) is 0. The SMILES string of the molecule is [Pb].c1ccc2[nH]cnc2c1. The van der Waals surface area contributed by atoms with Crippen LogP contribution in [0.4, 0.5) is 0 Å². The van der Waals surface area contributed by atoms with Gasteiger partial charge in [0.05, 0.1) is 17.4 Å². The van der Waals surface area contributed by atoms with Gasteiger partial charge in [0.2, 0.25) is 0 Å². The molecule has 0 aliphatic carbocycles. The molecule has 0 spiro atoms. The molecule has 48 valence electrons. The van der Waals surface area contributed by atoms with E-state index in [1.807, 2.05) is 24.3 Å². The van der Waals surface area contributed by atoms with Gasteiger partial charge in [0.25, 0.3) is 0 Å². The molecule has 3 heteroatoms. The molecule has 1 aromatic heterocycles. The van der Waals surface area contributed by atoms with Crippen LogP contribution in [-0.2, 0) is 0 Å². The van der Waals surface area contributed by atoms with E-state index in [0.717, 1.165) is 11.0 Å². The minimum absolute atomic E-state index is 0. The van der Waals surface area contributed by atoms with Gasteiger partial charge in [-0.3, -0.25) is 0 Å². The predicted octanol–water partition coefficient (Wildman–Crippen LogP) is 1.18. The van der Waals surface area contributed by atoms with Crippen molar-refractivity contribution in [1.29, 1.82) is 0 Å². The van der Waals surface area contributed by atoms with Crippen molar-refractivity contribution in [3.8, 4) is 0 Å². The summed E-state index contributed by atoms with van der Waals surface area (Å²) in [5.74, 6) is 0. The van der Waals surface area contributed by atoms with Crippen LogP contribution >= 0.6 is 0 Å². The minimum Gasteiger partial charge on any atom is -0.345 e. The van der Waals surface area contributed by atoms with Gasteiger partial charge in [-0.25, -0.2) is 4.98 Å². The van der Waals surface area contributed by atoms with E-state index in [-0.39, 0.29) is 27.3 Å². The van der Waals surface area contributed by atoms with Crippen LogP contribution in [0.15, 0.2) is 30.6 Å². The Morgan fingerprint density at radius 3 is 2.80 bits per heavy atom. The number of hydrogen-bond donors (Lipinski definition) is 1. The van der Waals surface area contributed by atoms with Crippen molar-refractivity contribution in [3.63, 3.8) is 0 Å². The number of nitrogens with zero attached hydrogens (tertiary/aromatic N) is 1. The number of nitrogens with one attached hydrogen (secondary N) is 1. The summed E-state index contributed by atoms with van der Waals surface area (Å²) in [6, 6.07) is 7.94. The van der Waals surface area contributed by atoms with Crippen LogP contribution in [0.5, 0.6) is 0 Å². The largest absolute Gasteiger partial charge is 0.345 e. The molecule has 0 bridgehead atoms. The van der Waals surface area contributed by atoms with Crippen molar-refractivity contribution in [3.05, 3.63) is 30.6 Å². The van der Waals surface area contributed by atoms with Gasteiger partial charge in [0.1, 0.15) is 0 Å². The van der Waals surface area contributed by atoms with Crippen molar-refractivity contribution in [1.82, 2.24) is 9.97 Å². The Hall–Kier alpha value is -0.388. The van der Waals surface area contributed by atoms with E-state index in [1.165, 1.54) is 0 Å². The van der Waals surface area contributed by atoms with Crippen molar-refractivity contribution >= 4 is 38.3 Å². The Labute approximate surface area is 78.8 Å². The molecule has 2 rings (SSSR count). The van der Waals surface area contributed by atoms with Gasteiger partial charge in [-0.1, -0.05) is 12.1 Å². The fraction of sp³-hybridized carbons (Fsp3) is 0. The fourth-order valence-electron chi connectivity index (χ4n) is 0.880. The van der Waals surface area contributed by atoms with E-state index in [1.54, 1.807) is 6.33 Å². The molecule has 0 amide bonds. The normalized spacial score (nSPS) is 9.20. The van der Waals surface area contributed by atoms with E-state index in [4.69, 9.17) is 0 Å². The molecule has 0 unspecified atom stereocenters. The van der Waals surface area contributed by atoms with Gasteiger partial charge in [-0.05, 0) is 12.1 Å². The Balaban J connectivity index is 0.000000500. The third kappa shape index (κ3) is 1.21. The fourth-order valence-corrected chi connectivity index (χ4v) is 0.880. The quantitative estimate of drug-likeness (QED) is 0.724. The molecular formula is C7H6N2Pb. The number of aromatic amines is 1. The van der Waals surface area contributed by atoms with Crippen molar-refractivity contribution in [2.75, 3.05) is 0 Å². The standard InChI is InChI=1S/C7H6N2.Pb/c1-2-4-7-6(3-1)8-5-9-7;/h1-5H,(H,8,9);. The molecule has 0 aliphatic heterocycles. The zero-order valence-corrected chi connectivity index (χ0v) is 9.22. The first-order valence-corrected chi connectivity index (χ1v) is 2.85. The zero-order valence-electron chi connectivity index (χ0n) is 5.33. The van der Waals surface area contributed by atoms with Crippen LogP contribution in [0.25, 0.3) is 11.0 Å². The monoisotopic (exact) mass is 326 g/mol. The first-order chi connectivity index (χ1) is 4.47. The Bertz CT molecular complexity index is 286. The van der Waals surface area contributed by atoms with Gasteiger partial charge in [-0.2, -0.15) is 0 Å². The topological polar surface area (TPSA) is 28.7 Å². The molecule has 1 aromatic carbocycles. The average molecular weight is 325 g/mol. The molecule has 0 saturated heterocycles. The molecule has 0 atom stereocenters. The van der Waals surface area contributed by atoms with E-state index in [9.17, 15) is 0 Å². The number of hydrogen-bond acceptors (Lipinski definition) is 1. The first-order valence-electron chi connectivity index (χ1n) is 2.85. The van der Waals surface area contributed by atoms with Crippen LogP contribution in [0.2, 0.25) is 0 Å². The Morgan fingerprint density at radius 1 is 1.20 bits per heavy atom. The average Bonchev–Trinajstić information content (AvgIpc) is 2.33. The van der Waals surface area contributed by atoms with Crippen LogP contribution in [-0.4, -0.2) is 37.3 Å². The van der Waals surface area contributed by atoms with Crippen LogP contribution in [0.3, 0.4) is 0 Å². The minimum atomic E-state index is 0. The number of imidazole rings is 1. The third-order valence-corrected chi connectivity index (χ3v) is 1.33.